The van der Waals surface area contributed by atoms with Crippen molar-refractivity contribution in [3.05, 3.63) is 23.9 Å². The van der Waals surface area contributed by atoms with Crippen LogP contribution in [0.5, 0.6) is 5.88 Å². The van der Waals surface area contributed by atoms with Crippen molar-refractivity contribution >= 4 is 0 Å². The lowest BCUT2D eigenvalue weighted by Gasteiger charge is -2.36. The maximum atomic E-state index is 6.41. The van der Waals surface area contributed by atoms with Gasteiger partial charge in [-0.1, -0.05) is 12.5 Å². The fourth-order valence-electron chi connectivity index (χ4n) is 2.90. The Labute approximate surface area is 116 Å². The van der Waals surface area contributed by atoms with E-state index in [4.69, 9.17) is 10.5 Å². The summed E-state index contributed by atoms with van der Waals surface area (Å²) < 4.78 is 5.24. The zero-order chi connectivity index (χ0) is 13.8. The minimum atomic E-state index is 0.143. The summed E-state index contributed by atoms with van der Waals surface area (Å²) in [5.41, 5.74) is 7.44. The lowest BCUT2D eigenvalue weighted by molar-refractivity contribution is 0.140. The Morgan fingerprint density at radius 3 is 2.84 bits per heavy atom. The van der Waals surface area contributed by atoms with E-state index in [1.165, 1.54) is 12.8 Å². The van der Waals surface area contributed by atoms with Crippen molar-refractivity contribution in [3.63, 3.8) is 0 Å². The summed E-state index contributed by atoms with van der Waals surface area (Å²) in [6.45, 7) is 5.55. The van der Waals surface area contributed by atoms with Gasteiger partial charge >= 0.3 is 0 Å². The van der Waals surface area contributed by atoms with Crippen molar-refractivity contribution in [2.24, 2.45) is 5.73 Å². The lowest BCUT2D eigenvalue weighted by Crippen LogP contribution is -2.43. The van der Waals surface area contributed by atoms with Crippen LogP contribution in [-0.4, -0.2) is 35.6 Å². The van der Waals surface area contributed by atoms with Crippen LogP contribution < -0.4 is 10.5 Å². The number of ether oxygens (including phenoxy) is 1. The van der Waals surface area contributed by atoms with E-state index in [1.54, 1.807) is 7.11 Å². The second-order valence-corrected chi connectivity index (χ2v) is 5.54. The molecule has 0 amide bonds. The molecule has 1 saturated heterocycles. The molecule has 1 aliphatic rings. The van der Waals surface area contributed by atoms with Crippen LogP contribution >= 0.6 is 0 Å². The predicted octanol–water partition coefficient (Wildman–Crippen LogP) is 2.35. The number of likely N-dealkylation sites (tertiary alicyclic amines) is 1. The molecule has 4 heteroatoms. The van der Waals surface area contributed by atoms with Gasteiger partial charge in [0.2, 0.25) is 5.88 Å². The molecule has 1 aromatic heterocycles. The molecule has 0 radical (unpaired) electrons. The first-order chi connectivity index (χ1) is 9.13. The number of nitrogens with zero attached hydrogens (tertiary/aromatic N) is 2. The third kappa shape index (κ3) is 3.25. The van der Waals surface area contributed by atoms with Crippen LogP contribution in [0.1, 0.15) is 44.8 Å². The molecule has 4 nitrogen and oxygen atoms in total. The Kier molecular flexibility index (Phi) is 4.77. The fourth-order valence-corrected chi connectivity index (χ4v) is 2.90. The van der Waals surface area contributed by atoms with Gasteiger partial charge in [-0.25, -0.2) is 4.98 Å². The van der Waals surface area contributed by atoms with Crippen LogP contribution in [-0.2, 0) is 0 Å². The second kappa shape index (κ2) is 6.35. The third-order valence-corrected chi connectivity index (χ3v) is 3.89. The molecule has 0 aliphatic carbocycles. The van der Waals surface area contributed by atoms with Gasteiger partial charge < -0.3 is 10.5 Å². The fraction of sp³-hybridized carbons (Fsp3) is 0.667. The van der Waals surface area contributed by atoms with Gasteiger partial charge in [0.05, 0.1) is 18.8 Å². The van der Waals surface area contributed by atoms with Crippen LogP contribution in [0.25, 0.3) is 0 Å². The summed E-state index contributed by atoms with van der Waals surface area (Å²) >= 11 is 0. The molecular weight excluding hydrogens is 238 g/mol. The highest BCUT2D eigenvalue weighted by molar-refractivity contribution is 5.20. The summed E-state index contributed by atoms with van der Waals surface area (Å²) in [4.78, 5) is 7.07. The van der Waals surface area contributed by atoms with Crippen molar-refractivity contribution in [3.8, 4) is 5.88 Å². The van der Waals surface area contributed by atoms with Gasteiger partial charge in [-0.15, -0.1) is 0 Å². The van der Waals surface area contributed by atoms with Crippen molar-refractivity contribution in [2.45, 2.75) is 51.2 Å². The Bertz CT molecular complexity index is 408. The summed E-state index contributed by atoms with van der Waals surface area (Å²) in [6, 6.07) is 6.75. The van der Waals surface area contributed by atoms with Crippen LogP contribution in [0.4, 0.5) is 0 Å². The quantitative estimate of drug-likeness (QED) is 0.909. The van der Waals surface area contributed by atoms with E-state index in [0.29, 0.717) is 11.9 Å². The molecule has 2 N–H and O–H groups in total. The first-order valence-corrected chi connectivity index (χ1v) is 7.15. The van der Waals surface area contributed by atoms with Gasteiger partial charge in [0.1, 0.15) is 0 Å². The number of rotatable bonds is 3. The van der Waals surface area contributed by atoms with Crippen LogP contribution in [0.15, 0.2) is 18.2 Å². The molecule has 1 aromatic rings. The molecule has 1 fully saturated rings. The third-order valence-electron chi connectivity index (χ3n) is 3.89. The Hall–Kier alpha value is -1.13. The first kappa shape index (κ1) is 14.3. The largest absolute Gasteiger partial charge is 0.481 e. The maximum Gasteiger partial charge on any atom is 0.213 e. The number of aromatic nitrogens is 1. The predicted molar refractivity (Wildman–Crippen MR) is 77.2 cm³/mol. The Balaban J connectivity index is 2.34. The highest BCUT2D eigenvalue weighted by Crippen LogP contribution is 2.30. The molecule has 2 heterocycles. The average Bonchev–Trinajstić information content (AvgIpc) is 2.60. The highest BCUT2D eigenvalue weighted by atomic mass is 16.5. The van der Waals surface area contributed by atoms with E-state index in [2.05, 4.69) is 29.8 Å². The number of methoxy groups -OCH3 is 1. The maximum absolute atomic E-state index is 6.41. The number of pyridine rings is 1. The van der Waals surface area contributed by atoms with Crippen LogP contribution in [0, 0.1) is 0 Å². The summed E-state index contributed by atoms with van der Waals surface area (Å²) in [6.07, 6.45) is 3.48. The smallest absolute Gasteiger partial charge is 0.213 e. The van der Waals surface area contributed by atoms with Crippen LogP contribution in [0.2, 0.25) is 0 Å². The summed E-state index contributed by atoms with van der Waals surface area (Å²) in [5.74, 6) is 0.664. The molecule has 0 saturated carbocycles. The number of nitrogens with two attached hydrogens (primary N) is 1. The molecular formula is C15H25N3O. The summed E-state index contributed by atoms with van der Waals surface area (Å²) in [5, 5.41) is 0. The highest BCUT2D eigenvalue weighted by Gasteiger charge is 2.31. The molecule has 106 valence electrons. The van der Waals surface area contributed by atoms with Gasteiger partial charge in [0.25, 0.3) is 0 Å². The molecule has 0 aromatic carbocycles. The standard InChI is InChI=1S/C15H25N3O/c1-11(2)18-10-5-4-7-12(16)15(18)13-8-6-9-14(17-13)19-3/h6,8-9,11-12,15H,4-5,7,10,16H2,1-3H3. The van der Waals surface area contributed by atoms with Crippen molar-refractivity contribution in [1.29, 1.82) is 0 Å². The Morgan fingerprint density at radius 2 is 2.16 bits per heavy atom. The van der Waals surface area contributed by atoms with Gasteiger partial charge in [-0.2, -0.15) is 0 Å². The lowest BCUT2D eigenvalue weighted by atomic mass is 9.99. The van der Waals surface area contributed by atoms with Gasteiger partial charge in [0.15, 0.2) is 0 Å². The van der Waals surface area contributed by atoms with Crippen molar-refractivity contribution in [1.82, 2.24) is 9.88 Å². The molecule has 0 spiro atoms. The topological polar surface area (TPSA) is 51.4 Å². The van der Waals surface area contributed by atoms with E-state index in [0.717, 1.165) is 18.7 Å². The molecule has 1 aliphatic heterocycles. The molecule has 2 rings (SSSR count). The van der Waals surface area contributed by atoms with Gasteiger partial charge in [-0.3, -0.25) is 4.90 Å². The SMILES string of the molecule is COc1cccc(C2C(N)CCCCN2C(C)C)n1. The number of hydrogen-bond donors (Lipinski definition) is 1. The molecule has 2 atom stereocenters. The second-order valence-electron chi connectivity index (χ2n) is 5.54. The van der Waals surface area contributed by atoms with E-state index >= 15 is 0 Å². The van der Waals surface area contributed by atoms with E-state index in [1.807, 2.05) is 12.1 Å². The minimum absolute atomic E-state index is 0.143. The number of hydrogen-bond acceptors (Lipinski definition) is 4. The monoisotopic (exact) mass is 263 g/mol. The molecule has 2 unspecified atom stereocenters. The molecule has 19 heavy (non-hydrogen) atoms. The normalized spacial score (nSPS) is 25.3. The summed E-state index contributed by atoms with van der Waals surface area (Å²) in [7, 11) is 1.65. The van der Waals surface area contributed by atoms with E-state index < -0.39 is 0 Å². The zero-order valence-electron chi connectivity index (χ0n) is 12.2. The van der Waals surface area contributed by atoms with Crippen LogP contribution in [0.3, 0.4) is 0 Å². The Morgan fingerprint density at radius 1 is 1.37 bits per heavy atom. The van der Waals surface area contributed by atoms with E-state index in [9.17, 15) is 0 Å². The van der Waals surface area contributed by atoms with Crippen molar-refractivity contribution < 1.29 is 4.74 Å². The average molecular weight is 263 g/mol. The van der Waals surface area contributed by atoms with Gasteiger partial charge in [-0.05, 0) is 39.3 Å². The van der Waals surface area contributed by atoms with Gasteiger partial charge in [0, 0.05) is 18.2 Å². The van der Waals surface area contributed by atoms with Crippen molar-refractivity contribution in [2.75, 3.05) is 13.7 Å². The zero-order valence-corrected chi connectivity index (χ0v) is 12.2. The van der Waals surface area contributed by atoms with E-state index in [-0.39, 0.29) is 12.1 Å². The molecule has 0 bridgehead atoms. The minimum Gasteiger partial charge on any atom is -0.481 e. The first-order valence-electron chi connectivity index (χ1n) is 7.15.